The van der Waals surface area contributed by atoms with Crippen LogP contribution in [0, 0.1) is 5.82 Å². The number of amides is 2. The van der Waals surface area contributed by atoms with Crippen molar-refractivity contribution in [1.82, 2.24) is 20.6 Å². The summed E-state index contributed by atoms with van der Waals surface area (Å²) in [5, 5.41) is 16.5. The molecule has 9 nitrogen and oxygen atoms in total. The van der Waals surface area contributed by atoms with Gasteiger partial charge in [-0.1, -0.05) is 19.4 Å². The van der Waals surface area contributed by atoms with Crippen LogP contribution in [0.3, 0.4) is 0 Å². The zero-order valence-corrected chi connectivity index (χ0v) is 25.2. The van der Waals surface area contributed by atoms with Crippen LogP contribution in [0.4, 0.5) is 4.39 Å². The third kappa shape index (κ3) is 5.53. The molecule has 0 aliphatic heterocycles. The van der Waals surface area contributed by atoms with Crippen LogP contribution in [-0.2, 0) is 12.0 Å². The molecular formula is C35H33FN4O5. The van der Waals surface area contributed by atoms with E-state index in [1.54, 1.807) is 49.8 Å². The molecule has 3 aromatic carbocycles. The van der Waals surface area contributed by atoms with Gasteiger partial charge in [0.2, 0.25) is 0 Å². The summed E-state index contributed by atoms with van der Waals surface area (Å²) < 4.78 is 25.5. The standard InChI is InChI=1S/C35H33FN4O5/c1-4-6-21-16-29-26(30(33(43)37-2)31(45-29)20-7-10-23(36)11-8-20)17-25(21)22-9-12-28(44-3)27(15-22)32(42)40-35(18-24(41)19-35)34-38-13-5-14-39-34/h5,7-17,24,41H,4,6,18-19H2,1-3H3,(H,37,43)(H,40,42). The van der Waals surface area contributed by atoms with Gasteiger partial charge in [-0.15, -0.1) is 0 Å². The maximum Gasteiger partial charge on any atom is 0.255 e. The average Bonchev–Trinajstić information content (AvgIpc) is 3.42. The average molecular weight is 609 g/mol. The fourth-order valence-electron chi connectivity index (χ4n) is 6.05. The van der Waals surface area contributed by atoms with E-state index in [9.17, 15) is 19.1 Å². The Morgan fingerprint density at radius 1 is 1.04 bits per heavy atom. The van der Waals surface area contributed by atoms with Gasteiger partial charge in [0.1, 0.15) is 28.4 Å². The predicted octanol–water partition coefficient (Wildman–Crippen LogP) is 5.80. The second-order valence-electron chi connectivity index (χ2n) is 11.2. The van der Waals surface area contributed by atoms with Crippen molar-refractivity contribution in [3.8, 4) is 28.2 Å². The minimum Gasteiger partial charge on any atom is -0.496 e. The van der Waals surface area contributed by atoms with Gasteiger partial charge in [-0.05, 0) is 77.7 Å². The number of rotatable bonds is 9. The second kappa shape index (κ2) is 12.1. The van der Waals surface area contributed by atoms with Crippen LogP contribution >= 0.6 is 0 Å². The van der Waals surface area contributed by atoms with Gasteiger partial charge in [-0.25, -0.2) is 14.4 Å². The van der Waals surface area contributed by atoms with Crippen molar-refractivity contribution >= 4 is 22.8 Å². The minimum atomic E-state index is -0.902. The molecule has 6 rings (SSSR count). The van der Waals surface area contributed by atoms with Gasteiger partial charge in [0.05, 0.1) is 24.3 Å². The van der Waals surface area contributed by atoms with E-state index < -0.39 is 11.6 Å². The number of halogens is 1. The number of nitrogens with zero attached hydrogens (tertiary/aromatic N) is 2. The van der Waals surface area contributed by atoms with Crippen LogP contribution < -0.4 is 15.4 Å². The summed E-state index contributed by atoms with van der Waals surface area (Å²) in [5.41, 5.74) is 3.39. The quantitative estimate of drug-likeness (QED) is 0.193. The first kappa shape index (κ1) is 30.0. The summed E-state index contributed by atoms with van der Waals surface area (Å²) in [6.45, 7) is 2.07. The normalized spacial score (nSPS) is 17.5. The van der Waals surface area contributed by atoms with E-state index in [4.69, 9.17) is 9.15 Å². The summed E-state index contributed by atoms with van der Waals surface area (Å²) in [5.74, 6) is 0.0421. The second-order valence-corrected chi connectivity index (χ2v) is 11.2. The fourth-order valence-corrected chi connectivity index (χ4v) is 6.05. The Morgan fingerprint density at radius 2 is 1.76 bits per heavy atom. The summed E-state index contributed by atoms with van der Waals surface area (Å²) in [7, 11) is 3.05. The zero-order chi connectivity index (χ0) is 31.7. The highest BCUT2D eigenvalue weighted by Gasteiger charge is 2.48. The SMILES string of the molecule is CCCc1cc2oc(-c3ccc(F)cc3)c(C(=O)NC)c2cc1-c1ccc(OC)c(C(=O)NC2(c3ncccn3)CC(O)C2)c1. The highest BCUT2D eigenvalue weighted by molar-refractivity contribution is 6.12. The number of carbonyl (C=O) groups is 2. The smallest absolute Gasteiger partial charge is 0.255 e. The van der Waals surface area contributed by atoms with Crippen molar-refractivity contribution in [1.29, 1.82) is 0 Å². The molecule has 3 N–H and O–H groups in total. The Bertz CT molecular complexity index is 1880. The number of aromatic nitrogens is 2. The largest absolute Gasteiger partial charge is 0.496 e. The Balaban J connectivity index is 1.46. The molecule has 0 spiro atoms. The topological polar surface area (TPSA) is 127 Å². The molecule has 10 heteroatoms. The number of ether oxygens (including phenoxy) is 1. The van der Waals surface area contributed by atoms with Gasteiger partial charge in [0.25, 0.3) is 11.8 Å². The van der Waals surface area contributed by atoms with Crippen LogP contribution in [0.25, 0.3) is 33.4 Å². The summed E-state index contributed by atoms with van der Waals surface area (Å²) in [6.07, 6.45) is 4.79. The predicted molar refractivity (Wildman–Crippen MR) is 167 cm³/mol. The number of methoxy groups -OCH3 is 1. The third-order valence-electron chi connectivity index (χ3n) is 8.26. The molecule has 0 bridgehead atoms. The molecule has 2 heterocycles. The van der Waals surface area contributed by atoms with Gasteiger partial charge in [-0.3, -0.25) is 9.59 Å². The number of furan rings is 1. The van der Waals surface area contributed by atoms with E-state index in [1.807, 2.05) is 18.2 Å². The maximum atomic E-state index is 13.9. The highest BCUT2D eigenvalue weighted by Crippen LogP contribution is 2.42. The van der Waals surface area contributed by atoms with Crippen molar-refractivity contribution in [2.75, 3.05) is 14.2 Å². The monoisotopic (exact) mass is 608 g/mol. The molecule has 45 heavy (non-hydrogen) atoms. The lowest BCUT2D eigenvalue weighted by Gasteiger charge is -2.44. The molecule has 0 radical (unpaired) electrons. The number of aliphatic hydroxyl groups is 1. The Morgan fingerprint density at radius 3 is 2.40 bits per heavy atom. The molecule has 5 aromatic rings. The van der Waals surface area contributed by atoms with Crippen LogP contribution in [-0.4, -0.2) is 47.2 Å². The first-order valence-electron chi connectivity index (χ1n) is 14.8. The van der Waals surface area contributed by atoms with E-state index in [0.717, 1.165) is 23.1 Å². The van der Waals surface area contributed by atoms with Crippen LogP contribution in [0.5, 0.6) is 5.75 Å². The van der Waals surface area contributed by atoms with Gasteiger partial charge in [-0.2, -0.15) is 0 Å². The molecule has 1 saturated carbocycles. The first-order valence-corrected chi connectivity index (χ1v) is 14.8. The van der Waals surface area contributed by atoms with Crippen molar-refractivity contribution in [3.63, 3.8) is 0 Å². The van der Waals surface area contributed by atoms with Crippen molar-refractivity contribution < 1.29 is 28.2 Å². The highest BCUT2D eigenvalue weighted by atomic mass is 19.1. The van der Waals surface area contributed by atoms with Gasteiger partial charge in [0, 0.05) is 43.2 Å². The molecule has 0 atom stereocenters. The number of nitrogens with one attached hydrogen (secondary N) is 2. The Kier molecular flexibility index (Phi) is 8.07. The van der Waals surface area contributed by atoms with E-state index in [1.165, 1.54) is 19.2 Å². The molecule has 0 unspecified atom stereocenters. The number of benzene rings is 3. The van der Waals surface area contributed by atoms with Gasteiger partial charge >= 0.3 is 0 Å². The van der Waals surface area contributed by atoms with E-state index in [-0.39, 0.29) is 17.6 Å². The lowest BCUT2D eigenvalue weighted by atomic mass is 9.73. The van der Waals surface area contributed by atoms with E-state index in [0.29, 0.717) is 64.3 Å². The number of carbonyl (C=O) groups excluding carboxylic acids is 2. The Labute approximate surface area is 259 Å². The van der Waals surface area contributed by atoms with E-state index >= 15 is 0 Å². The number of fused-ring (bicyclic) bond motifs is 1. The van der Waals surface area contributed by atoms with Crippen LogP contribution in [0.2, 0.25) is 0 Å². The lowest BCUT2D eigenvalue weighted by molar-refractivity contribution is -0.00349. The molecule has 0 saturated heterocycles. The molecular weight excluding hydrogens is 575 g/mol. The number of hydrogen-bond acceptors (Lipinski definition) is 7. The first-order chi connectivity index (χ1) is 21.8. The van der Waals surface area contributed by atoms with Crippen LogP contribution in [0.1, 0.15) is 58.3 Å². The molecule has 1 aliphatic rings. The van der Waals surface area contributed by atoms with E-state index in [2.05, 4.69) is 27.5 Å². The Hall–Kier alpha value is -5.09. The number of hydrogen-bond donors (Lipinski definition) is 3. The number of aryl methyl sites for hydroxylation is 1. The molecule has 1 aliphatic carbocycles. The van der Waals surface area contributed by atoms with Gasteiger partial charge in [0.15, 0.2) is 5.82 Å². The fraction of sp³-hybridized carbons (Fsp3) is 0.257. The van der Waals surface area contributed by atoms with Gasteiger partial charge < -0.3 is 24.9 Å². The van der Waals surface area contributed by atoms with Crippen molar-refractivity contribution in [3.05, 3.63) is 101 Å². The van der Waals surface area contributed by atoms with Crippen molar-refractivity contribution in [2.24, 2.45) is 0 Å². The summed E-state index contributed by atoms with van der Waals surface area (Å²) in [4.78, 5) is 35.8. The maximum absolute atomic E-state index is 13.9. The third-order valence-corrected chi connectivity index (χ3v) is 8.26. The summed E-state index contributed by atoms with van der Waals surface area (Å²) in [6, 6.07) is 16.7. The molecule has 2 aromatic heterocycles. The molecule has 230 valence electrons. The van der Waals surface area contributed by atoms with Crippen molar-refractivity contribution in [2.45, 2.75) is 44.2 Å². The summed E-state index contributed by atoms with van der Waals surface area (Å²) >= 11 is 0. The molecule has 1 fully saturated rings. The lowest BCUT2D eigenvalue weighted by Crippen LogP contribution is -2.57. The minimum absolute atomic E-state index is 0.293. The zero-order valence-electron chi connectivity index (χ0n) is 25.2. The molecule has 2 amide bonds. The number of aliphatic hydroxyl groups excluding tert-OH is 1. The van der Waals surface area contributed by atoms with Crippen LogP contribution in [0.15, 0.2) is 77.5 Å².